The van der Waals surface area contributed by atoms with Gasteiger partial charge in [0.2, 0.25) is 5.91 Å². The van der Waals surface area contributed by atoms with Crippen molar-refractivity contribution in [3.05, 3.63) is 59.7 Å². The van der Waals surface area contributed by atoms with Gasteiger partial charge in [-0.3, -0.25) is 14.5 Å². The lowest BCUT2D eigenvalue weighted by Crippen LogP contribution is -2.21. The predicted molar refractivity (Wildman–Crippen MR) is 133 cm³/mol. The molecule has 0 aliphatic carbocycles. The minimum atomic E-state index is -0.524. The molecular weight excluding hydrogens is 493 g/mol. The van der Waals surface area contributed by atoms with Crippen LogP contribution in [0, 0.1) is 5.82 Å². The maximum atomic E-state index is 13.6. The predicted octanol–water partition coefficient (Wildman–Crippen LogP) is 4.25. The molecule has 2 aromatic carbocycles. The molecule has 2 N–H and O–H groups in total. The molecule has 1 aliphatic rings. The van der Waals surface area contributed by atoms with Crippen molar-refractivity contribution in [3.63, 3.8) is 0 Å². The number of amides is 1. The van der Waals surface area contributed by atoms with Crippen LogP contribution in [0.25, 0.3) is 10.9 Å². The summed E-state index contributed by atoms with van der Waals surface area (Å²) < 4.78 is 25.1. The first kappa shape index (κ1) is 25.7. The molecule has 0 unspecified atom stereocenters. The second kappa shape index (κ2) is 12.1. The van der Waals surface area contributed by atoms with E-state index in [9.17, 15) is 9.18 Å². The Morgan fingerprint density at radius 2 is 2.11 bits per heavy atom. The average molecular weight is 518 g/mol. The summed E-state index contributed by atoms with van der Waals surface area (Å²) in [6, 6.07) is 7.71. The highest BCUT2D eigenvalue weighted by molar-refractivity contribution is 6.31. The van der Waals surface area contributed by atoms with E-state index in [-0.39, 0.29) is 23.6 Å². The summed E-state index contributed by atoms with van der Waals surface area (Å²) in [4.78, 5) is 31.3. The average Bonchev–Trinajstić information content (AvgIpc) is 3.38. The molecule has 1 amide bonds. The van der Waals surface area contributed by atoms with Crippen molar-refractivity contribution >= 4 is 45.6 Å². The molecule has 1 saturated heterocycles. The monoisotopic (exact) mass is 517 g/mol. The summed E-state index contributed by atoms with van der Waals surface area (Å²) in [6.45, 7) is 1.30. The number of aromatic nitrogens is 2. The molecule has 1 fully saturated rings. The summed E-state index contributed by atoms with van der Waals surface area (Å²) in [5.74, 6) is -0.0137. The first-order chi connectivity index (χ1) is 17.5. The van der Waals surface area contributed by atoms with E-state index in [1.54, 1.807) is 24.3 Å². The molecule has 1 aromatic heterocycles. The number of hydroxylamine groups is 2. The number of carbonyl (C=O) groups is 1. The summed E-state index contributed by atoms with van der Waals surface area (Å²) in [6.07, 6.45) is 4.93. The van der Waals surface area contributed by atoms with Crippen molar-refractivity contribution in [2.75, 3.05) is 44.6 Å². The van der Waals surface area contributed by atoms with Gasteiger partial charge in [0.05, 0.1) is 50.2 Å². The first-order valence-corrected chi connectivity index (χ1v) is 11.4. The lowest BCUT2D eigenvalue weighted by Gasteiger charge is -2.18. The number of hydrogen-bond acceptors (Lipinski definition) is 9. The van der Waals surface area contributed by atoms with E-state index >= 15 is 0 Å². The van der Waals surface area contributed by atoms with Crippen molar-refractivity contribution in [3.8, 4) is 5.75 Å². The highest BCUT2D eigenvalue weighted by Crippen LogP contribution is 2.35. The molecule has 0 bridgehead atoms. The Balaban J connectivity index is 1.64. The van der Waals surface area contributed by atoms with Gasteiger partial charge in [0, 0.05) is 29.6 Å². The number of fused-ring (bicyclic) bond motifs is 1. The van der Waals surface area contributed by atoms with Gasteiger partial charge in [-0.05, 0) is 24.3 Å². The highest BCUT2D eigenvalue weighted by atomic mass is 35.5. The van der Waals surface area contributed by atoms with E-state index in [1.165, 1.54) is 44.0 Å². The normalized spacial score (nSPS) is 15.6. The quantitative estimate of drug-likeness (QED) is 0.301. The Labute approximate surface area is 211 Å². The minimum Gasteiger partial charge on any atom is -0.486 e. The van der Waals surface area contributed by atoms with Gasteiger partial charge in [-0.2, -0.15) is 0 Å². The molecule has 190 valence electrons. The zero-order chi connectivity index (χ0) is 25.5. The SMILES string of the molecule is CON(C/C=C/C(=O)Nc1cc2c(Nc3ccc(F)c(Cl)c3)ncnc2cc1O[C@H]1CCOC1)OC. The summed E-state index contributed by atoms with van der Waals surface area (Å²) in [5.41, 5.74) is 1.55. The van der Waals surface area contributed by atoms with Crippen LogP contribution in [0.15, 0.2) is 48.8 Å². The van der Waals surface area contributed by atoms with Crippen LogP contribution in [0.1, 0.15) is 6.42 Å². The van der Waals surface area contributed by atoms with Crippen LogP contribution >= 0.6 is 11.6 Å². The van der Waals surface area contributed by atoms with Gasteiger partial charge < -0.3 is 20.1 Å². The van der Waals surface area contributed by atoms with Gasteiger partial charge in [0.1, 0.15) is 29.8 Å². The fourth-order valence-corrected chi connectivity index (χ4v) is 3.70. The molecule has 0 saturated carbocycles. The fraction of sp³-hybridized carbons (Fsp3) is 0.292. The van der Waals surface area contributed by atoms with Crippen molar-refractivity contribution in [2.24, 2.45) is 0 Å². The lowest BCUT2D eigenvalue weighted by atomic mass is 10.1. The second-order valence-electron chi connectivity index (χ2n) is 7.72. The lowest BCUT2D eigenvalue weighted by molar-refractivity contribution is -0.336. The number of nitrogens with zero attached hydrogens (tertiary/aromatic N) is 3. The Morgan fingerprint density at radius 1 is 1.28 bits per heavy atom. The molecule has 1 atom stereocenters. The summed E-state index contributed by atoms with van der Waals surface area (Å²) in [7, 11) is 2.91. The number of ether oxygens (including phenoxy) is 2. The number of rotatable bonds is 10. The Hall–Kier alpha value is -3.35. The zero-order valence-corrected chi connectivity index (χ0v) is 20.4. The molecule has 2 heterocycles. The van der Waals surface area contributed by atoms with Gasteiger partial charge in [-0.15, -0.1) is 0 Å². The van der Waals surface area contributed by atoms with Gasteiger partial charge in [0.15, 0.2) is 0 Å². The van der Waals surface area contributed by atoms with Crippen LogP contribution in [0.2, 0.25) is 5.02 Å². The maximum absolute atomic E-state index is 13.6. The van der Waals surface area contributed by atoms with Crippen LogP contribution in [0.5, 0.6) is 5.75 Å². The van der Waals surface area contributed by atoms with E-state index in [0.717, 1.165) is 6.42 Å². The second-order valence-corrected chi connectivity index (χ2v) is 8.12. The molecule has 12 heteroatoms. The third-order valence-corrected chi connectivity index (χ3v) is 5.58. The molecule has 4 rings (SSSR count). The van der Waals surface area contributed by atoms with Gasteiger partial charge in [0.25, 0.3) is 0 Å². The van der Waals surface area contributed by atoms with Gasteiger partial charge in [-0.25, -0.2) is 14.4 Å². The zero-order valence-electron chi connectivity index (χ0n) is 19.7. The van der Waals surface area contributed by atoms with Crippen LogP contribution in [-0.2, 0) is 19.2 Å². The summed E-state index contributed by atoms with van der Waals surface area (Å²) in [5, 5.41) is 7.76. The molecule has 1 aliphatic heterocycles. The Bertz CT molecular complexity index is 1250. The molecule has 10 nitrogen and oxygen atoms in total. The number of carbonyl (C=O) groups excluding carboxylic acids is 1. The first-order valence-electron chi connectivity index (χ1n) is 11.1. The van der Waals surface area contributed by atoms with Crippen molar-refractivity contribution in [1.82, 2.24) is 15.2 Å². The Kier molecular flexibility index (Phi) is 8.62. The van der Waals surface area contributed by atoms with Crippen molar-refractivity contribution in [1.29, 1.82) is 0 Å². The molecular formula is C24H25ClFN5O5. The van der Waals surface area contributed by atoms with Crippen LogP contribution in [0.4, 0.5) is 21.6 Å². The number of benzene rings is 2. The number of halogens is 2. The van der Waals surface area contributed by atoms with Crippen LogP contribution in [-0.4, -0.2) is 61.2 Å². The van der Waals surface area contributed by atoms with Crippen molar-refractivity contribution < 1.29 is 28.3 Å². The smallest absolute Gasteiger partial charge is 0.248 e. The maximum Gasteiger partial charge on any atom is 0.248 e. The molecule has 36 heavy (non-hydrogen) atoms. The third kappa shape index (κ3) is 6.45. The standard InChI is InChI=1S/C24H25ClFN5O5/c1-33-31(34-2)8-3-4-23(32)30-21-11-17-20(12-22(21)36-16-7-9-35-13-16)27-14-28-24(17)29-15-5-6-19(26)18(25)10-15/h3-6,10-12,14,16H,7-9,13H2,1-2H3,(H,30,32)(H,27,28,29)/b4-3+/t16-/m0/s1. The molecule has 0 radical (unpaired) electrons. The fourth-order valence-electron chi connectivity index (χ4n) is 3.52. The van der Waals surface area contributed by atoms with E-state index in [0.29, 0.717) is 47.1 Å². The minimum absolute atomic E-state index is 0.0203. The highest BCUT2D eigenvalue weighted by Gasteiger charge is 2.21. The largest absolute Gasteiger partial charge is 0.486 e. The van der Waals surface area contributed by atoms with Crippen LogP contribution in [0.3, 0.4) is 0 Å². The van der Waals surface area contributed by atoms with E-state index in [1.807, 2.05) is 0 Å². The van der Waals surface area contributed by atoms with E-state index in [2.05, 4.69) is 20.6 Å². The third-order valence-electron chi connectivity index (χ3n) is 5.29. The van der Waals surface area contributed by atoms with Crippen LogP contribution < -0.4 is 15.4 Å². The number of hydrogen-bond donors (Lipinski definition) is 2. The Morgan fingerprint density at radius 3 is 2.83 bits per heavy atom. The van der Waals surface area contributed by atoms with E-state index < -0.39 is 5.82 Å². The molecule has 3 aromatic rings. The van der Waals surface area contributed by atoms with E-state index in [4.69, 9.17) is 30.7 Å². The topological polar surface area (TPSA) is 107 Å². The number of anilines is 3. The molecule has 0 spiro atoms. The summed E-state index contributed by atoms with van der Waals surface area (Å²) >= 11 is 5.92. The van der Waals surface area contributed by atoms with Crippen molar-refractivity contribution in [2.45, 2.75) is 12.5 Å². The van der Waals surface area contributed by atoms with Gasteiger partial charge in [-0.1, -0.05) is 22.9 Å². The number of nitrogens with one attached hydrogen (secondary N) is 2. The van der Waals surface area contributed by atoms with Gasteiger partial charge >= 0.3 is 0 Å².